The minimum atomic E-state index is -0.870. The number of nitrogens with one attached hydrogen (secondary N) is 1. The third-order valence-electron chi connectivity index (χ3n) is 5.73. The minimum absolute atomic E-state index is 0.0185. The van der Waals surface area contributed by atoms with Gasteiger partial charge in [0.2, 0.25) is 0 Å². The molecule has 1 aliphatic heterocycles. The van der Waals surface area contributed by atoms with Gasteiger partial charge in [-0.3, -0.25) is 19.3 Å². The van der Waals surface area contributed by atoms with Crippen LogP contribution in [0.4, 0.5) is 5.82 Å². The molecule has 0 unspecified atom stereocenters. The normalized spacial score (nSPS) is 14.2. The fraction of sp³-hybridized carbons (Fsp3) is 0.250. The van der Waals surface area contributed by atoms with Gasteiger partial charge in [0, 0.05) is 55.4 Å². The molecule has 0 saturated carbocycles. The Labute approximate surface area is 190 Å². The van der Waals surface area contributed by atoms with Crippen LogP contribution in [0.1, 0.15) is 26.3 Å². The van der Waals surface area contributed by atoms with Crippen molar-refractivity contribution in [2.75, 3.05) is 38.5 Å². The molecule has 3 aromatic rings. The molecule has 2 heterocycles. The van der Waals surface area contributed by atoms with Crippen LogP contribution in [0.15, 0.2) is 54.7 Å². The van der Waals surface area contributed by atoms with Gasteiger partial charge in [0.1, 0.15) is 5.82 Å². The molecular weight excluding hydrogens is 422 g/mol. The first-order valence-electron chi connectivity index (χ1n) is 10.7. The summed E-state index contributed by atoms with van der Waals surface area (Å²) in [7, 11) is 0. The van der Waals surface area contributed by atoms with Gasteiger partial charge >= 0.3 is 5.97 Å². The Hall–Kier alpha value is -3.98. The maximum absolute atomic E-state index is 12.7. The Morgan fingerprint density at radius 2 is 1.67 bits per heavy atom. The predicted octanol–water partition coefficient (Wildman–Crippen LogP) is 1.59. The molecule has 9 heteroatoms. The molecule has 1 fully saturated rings. The summed E-state index contributed by atoms with van der Waals surface area (Å²) < 4.78 is 0. The Kier molecular flexibility index (Phi) is 6.50. The van der Waals surface area contributed by atoms with Gasteiger partial charge in [-0.2, -0.15) is 0 Å². The molecule has 1 aromatic heterocycles. The van der Waals surface area contributed by atoms with Crippen molar-refractivity contribution in [1.29, 1.82) is 0 Å². The number of rotatable bonds is 6. The second kappa shape index (κ2) is 9.66. The van der Waals surface area contributed by atoms with Crippen molar-refractivity contribution in [3.05, 3.63) is 71.4 Å². The average molecular weight is 447 g/mol. The molecule has 0 spiro atoms. The maximum atomic E-state index is 12.7. The number of pyridine rings is 1. The topological polar surface area (TPSA) is 129 Å². The molecule has 1 saturated heterocycles. The average Bonchev–Trinajstić information content (AvgIpc) is 2.83. The van der Waals surface area contributed by atoms with Crippen LogP contribution in [0.2, 0.25) is 0 Å². The standard InChI is InChI=1S/C24H25N5O4/c25-22-20-13-16(1-2-17(20)7-8-26-22)14-27-23(32)18-3-5-19(6-4-18)24(33)29-11-9-28(10-12-29)15-21(30)31/h1-8,13H,9-12,14-15H2,(H2,25,26)(H,27,32)(H,30,31). The Bertz CT molecular complexity index is 1190. The van der Waals surface area contributed by atoms with E-state index in [4.69, 9.17) is 10.8 Å². The lowest BCUT2D eigenvalue weighted by Gasteiger charge is -2.33. The van der Waals surface area contributed by atoms with E-state index in [0.29, 0.717) is 49.7 Å². The van der Waals surface area contributed by atoms with E-state index in [1.54, 1.807) is 40.3 Å². The zero-order chi connectivity index (χ0) is 23.4. The third-order valence-corrected chi connectivity index (χ3v) is 5.73. The second-order valence-corrected chi connectivity index (χ2v) is 7.97. The molecule has 0 aliphatic carbocycles. The number of hydrogen-bond donors (Lipinski definition) is 3. The smallest absolute Gasteiger partial charge is 0.317 e. The van der Waals surface area contributed by atoms with Crippen LogP contribution in [-0.4, -0.2) is 70.4 Å². The SMILES string of the molecule is Nc1nccc2ccc(CNC(=O)c3ccc(C(=O)N4CCN(CC(=O)O)CC4)cc3)cc12. The molecule has 9 nitrogen and oxygen atoms in total. The number of benzene rings is 2. The van der Waals surface area contributed by atoms with Crippen molar-refractivity contribution in [2.45, 2.75) is 6.54 Å². The number of fused-ring (bicyclic) bond motifs is 1. The molecule has 0 bridgehead atoms. The Morgan fingerprint density at radius 3 is 2.36 bits per heavy atom. The highest BCUT2D eigenvalue weighted by Crippen LogP contribution is 2.20. The highest BCUT2D eigenvalue weighted by molar-refractivity contribution is 5.98. The molecule has 4 N–H and O–H groups in total. The number of aromatic nitrogens is 1. The number of carboxylic acid groups (broad SMARTS) is 1. The summed E-state index contributed by atoms with van der Waals surface area (Å²) in [6.45, 7) is 2.31. The lowest BCUT2D eigenvalue weighted by Crippen LogP contribution is -2.49. The molecule has 0 radical (unpaired) electrons. The van der Waals surface area contributed by atoms with E-state index >= 15 is 0 Å². The number of nitrogen functional groups attached to an aromatic ring is 1. The lowest BCUT2D eigenvalue weighted by molar-refractivity contribution is -0.138. The molecule has 2 aromatic carbocycles. The van der Waals surface area contributed by atoms with Crippen LogP contribution < -0.4 is 11.1 Å². The van der Waals surface area contributed by atoms with Gasteiger partial charge in [-0.15, -0.1) is 0 Å². The quantitative estimate of drug-likeness (QED) is 0.523. The molecular formula is C24H25N5O4. The number of carbonyl (C=O) groups excluding carboxylic acids is 2. The minimum Gasteiger partial charge on any atom is -0.480 e. The zero-order valence-electron chi connectivity index (χ0n) is 18.0. The Morgan fingerprint density at radius 1 is 0.970 bits per heavy atom. The van der Waals surface area contributed by atoms with E-state index < -0.39 is 5.97 Å². The fourth-order valence-corrected chi connectivity index (χ4v) is 3.88. The number of carboxylic acids is 1. The Balaban J connectivity index is 1.33. The van der Waals surface area contributed by atoms with Gasteiger partial charge in [-0.05, 0) is 47.3 Å². The summed E-state index contributed by atoms with van der Waals surface area (Å²) in [5.74, 6) is -0.788. The first kappa shape index (κ1) is 22.2. The van der Waals surface area contributed by atoms with Crippen molar-refractivity contribution in [3.8, 4) is 0 Å². The van der Waals surface area contributed by atoms with E-state index in [1.165, 1.54) is 0 Å². The summed E-state index contributed by atoms with van der Waals surface area (Å²) >= 11 is 0. The van der Waals surface area contributed by atoms with E-state index in [0.717, 1.165) is 16.3 Å². The van der Waals surface area contributed by atoms with Crippen LogP contribution in [-0.2, 0) is 11.3 Å². The van der Waals surface area contributed by atoms with Gasteiger partial charge < -0.3 is 21.1 Å². The molecule has 1 aliphatic rings. The second-order valence-electron chi connectivity index (χ2n) is 7.97. The molecule has 4 rings (SSSR count). The number of aliphatic carboxylic acids is 1. The largest absolute Gasteiger partial charge is 0.480 e. The molecule has 33 heavy (non-hydrogen) atoms. The van der Waals surface area contributed by atoms with Crippen LogP contribution in [0.25, 0.3) is 10.8 Å². The van der Waals surface area contributed by atoms with Crippen LogP contribution in [0.3, 0.4) is 0 Å². The highest BCUT2D eigenvalue weighted by atomic mass is 16.4. The van der Waals surface area contributed by atoms with Gasteiger partial charge in [-0.1, -0.05) is 12.1 Å². The van der Waals surface area contributed by atoms with E-state index in [-0.39, 0.29) is 18.4 Å². The number of nitrogens with two attached hydrogens (primary N) is 1. The van der Waals surface area contributed by atoms with Crippen molar-refractivity contribution in [2.24, 2.45) is 0 Å². The number of anilines is 1. The number of amides is 2. The summed E-state index contributed by atoms with van der Waals surface area (Å²) in [6, 6.07) is 14.2. The summed E-state index contributed by atoms with van der Waals surface area (Å²) in [5, 5.41) is 13.6. The van der Waals surface area contributed by atoms with Crippen molar-refractivity contribution >= 4 is 34.4 Å². The van der Waals surface area contributed by atoms with Gasteiger partial charge in [-0.25, -0.2) is 4.98 Å². The predicted molar refractivity (Wildman–Crippen MR) is 124 cm³/mol. The first-order chi connectivity index (χ1) is 15.9. The zero-order valence-corrected chi connectivity index (χ0v) is 18.0. The molecule has 170 valence electrons. The van der Waals surface area contributed by atoms with E-state index in [1.807, 2.05) is 24.3 Å². The summed E-state index contributed by atoms with van der Waals surface area (Å²) in [6.07, 6.45) is 1.66. The first-order valence-corrected chi connectivity index (χ1v) is 10.7. The number of piperazine rings is 1. The summed E-state index contributed by atoms with van der Waals surface area (Å²) in [4.78, 5) is 43.7. The van der Waals surface area contributed by atoms with Gasteiger partial charge in [0.15, 0.2) is 0 Å². The van der Waals surface area contributed by atoms with E-state index in [2.05, 4.69) is 10.3 Å². The molecule has 0 atom stereocenters. The maximum Gasteiger partial charge on any atom is 0.317 e. The number of nitrogens with zero attached hydrogens (tertiary/aromatic N) is 3. The highest BCUT2D eigenvalue weighted by Gasteiger charge is 2.23. The monoisotopic (exact) mass is 447 g/mol. The third kappa shape index (κ3) is 5.27. The van der Waals surface area contributed by atoms with Crippen LogP contribution in [0.5, 0.6) is 0 Å². The van der Waals surface area contributed by atoms with Crippen molar-refractivity contribution in [1.82, 2.24) is 20.1 Å². The number of carbonyl (C=O) groups is 3. The fourth-order valence-electron chi connectivity index (χ4n) is 3.88. The van der Waals surface area contributed by atoms with Crippen molar-refractivity contribution in [3.63, 3.8) is 0 Å². The summed E-state index contributed by atoms with van der Waals surface area (Å²) in [5.41, 5.74) is 7.80. The van der Waals surface area contributed by atoms with Crippen molar-refractivity contribution < 1.29 is 19.5 Å². The van der Waals surface area contributed by atoms with Gasteiger partial charge in [0.25, 0.3) is 11.8 Å². The molecule has 2 amide bonds. The number of hydrogen-bond acceptors (Lipinski definition) is 6. The van der Waals surface area contributed by atoms with Crippen LogP contribution in [0, 0.1) is 0 Å². The van der Waals surface area contributed by atoms with Crippen LogP contribution >= 0.6 is 0 Å². The lowest BCUT2D eigenvalue weighted by atomic mass is 10.1. The van der Waals surface area contributed by atoms with E-state index in [9.17, 15) is 14.4 Å². The van der Waals surface area contributed by atoms with Gasteiger partial charge in [0.05, 0.1) is 6.54 Å².